The molecule has 2 aromatic carbocycles. The number of amides is 1. The van der Waals surface area contributed by atoms with E-state index in [0.717, 1.165) is 16.1 Å². The molecule has 3 aromatic rings. The molecule has 0 aliphatic carbocycles. The third-order valence-electron chi connectivity index (χ3n) is 3.33. The van der Waals surface area contributed by atoms with Crippen LogP contribution in [0.15, 0.2) is 47.8 Å². The summed E-state index contributed by atoms with van der Waals surface area (Å²) in [4.78, 5) is 15.6. The quantitative estimate of drug-likeness (QED) is 0.745. The Morgan fingerprint density at radius 3 is 2.74 bits per heavy atom. The molecule has 3 rings (SSSR count). The summed E-state index contributed by atoms with van der Waals surface area (Å²) >= 11 is 1.48. The van der Waals surface area contributed by atoms with Crippen LogP contribution in [0.3, 0.4) is 0 Å². The molecular weight excluding hydrogens is 311 g/mol. The maximum absolute atomic E-state index is 14.3. The average molecular weight is 326 g/mol. The van der Waals surface area contributed by atoms with Crippen molar-refractivity contribution in [1.82, 2.24) is 4.98 Å². The molecule has 0 atom stereocenters. The Morgan fingerprint density at radius 2 is 2.04 bits per heavy atom. The molecule has 0 aliphatic rings. The number of nitrogens with one attached hydrogen (secondary N) is 1. The molecule has 5 heteroatoms. The van der Waals surface area contributed by atoms with Crippen molar-refractivity contribution in [3.05, 3.63) is 59.2 Å². The SMILES string of the molecule is CC(=O)Nc1ccc(-c2csc(-c3cccc(C)c3)n2)c(F)c1. The second-order valence-electron chi connectivity index (χ2n) is 5.28. The Bertz CT molecular complexity index is 873. The molecule has 0 saturated carbocycles. The molecule has 0 spiro atoms. The van der Waals surface area contributed by atoms with Crippen LogP contribution in [0.1, 0.15) is 12.5 Å². The van der Waals surface area contributed by atoms with Gasteiger partial charge in [-0.2, -0.15) is 0 Å². The lowest BCUT2D eigenvalue weighted by molar-refractivity contribution is -0.114. The highest BCUT2D eigenvalue weighted by Crippen LogP contribution is 2.31. The molecule has 23 heavy (non-hydrogen) atoms. The van der Waals surface area contributed by atoms with E-state index in [4.69, 9.17) is 0 Å². The van der Waals surface area contributed by atoms with E-state index < -0.39 is 5.82 Å². The zero-order chi connectivity index (χ0) is 16.4. The van der Waals surface area contributed by atoms with Gasteiger partial charge in [-0.05, 0) is 31.2 Å². The van der Waals surface area contributed by atoms with Crippen LogP contribution in [0.25, 0.3) is 21.8 Å². The van der Waals surface area contributed by atoms with Gasteiger partial charge in [0.15, 0.2) is 0 Å². The van der Waals surface area contributed by atoms with Crippen LogP contribution >= 0.6 is 11.3 Å². The zero-order valence-corrected chi connectivity index (χ0v) is 13.6. The lowest BCUT2D eigenvalue weighted by Gasteiger charge is -2.05. The number of aromatic nitrogens is 1. The average Bonchev–Trinajstić information content (AvgIpc) is 2.96. The molecule has 0 aliphatic heterocycles. The van der Waals surface area contributed by atoms with E-state index in [0.29, 0.717) is 16.9 Å². The van der Waals surface area contributed by atoms with Crippen LogP contribution in [0.2, 0.25) is 0 Å². The number of thiazole rings is 1. The second-order valence-corrected chi connectivity index (χ2v) is 6.14. The number of halogens is 1. The largest absolute Gasteiger partial charge is 0.326 e. The third kappa shape index (κ3) is 3.46. The van der Waals surface area contributed by atoms with E-state index in [1.165, 1.54) is 24.3 Å². The van der Waals surface area contributed by atoms with Gasteiger partial charge in [-0.3, -0.25) is 4.79 Å². The summed E-state index contributed by atoms with van der Waals surface area (Å²) in [5.41, 5.74) is 3.64. The van der Waals surface area contributed by atoms with Gasteiger partial charge < -0.3 is 5.32 Å². The van der Waals surface area contributed by atoms with E-state index in [1.807, 2.05) is 30.5 Å². The monoisotopic (exact) mass is 326 g/mol. The van der Waals surface area contributed by atoms with Crippen molar-refractivity contribution in [2.75, 3.05) is 5.32 Å². The number of carbonyl (C=O) groups excluding carboxylic acids is 1. The summed E-state index contributed by atoms with van der Waals surface area (Å²) < 4.78 is 14.3. The highest BCUT2D eigenvalue weighted by Gasteiger charge is 2.11. The van der Waals surface area contributed by atoms with E-state index in [-0.39, 0.29) is 5.91 Å². The van der Waals surface area contributed by atoms with Crippen LogP contribution in [0, 0.1) is 12.7 Å². The van der Waals surface area contributed by atoms with Crippen molar-refractivity contribution in [3.8, 4) is 21.8 Å². The van der Waals surface area contributed by atoms with Crippen molar-refractivity contribution in [1.29, 1.82) is 0 Å². The number of nitrogens with zero attached hydrogens (tertiary/aromatic N) is 1. The first-order chi connectivity index (χ1) is 11.0. The minimum atomic E-state index is -0.405. The molecular formula is C18H15FN2OS. The number of aryl methyl sites for hydroxylation is 1. The summed E-state index contributed by atoms with van der Waals surface area (Å²) in [6.45, 7) is 3.42. The molecule has 1 amide bonds. The molecule has 1 heterocycles. The first-order valence-corrected chi connectivity index (χ1v) is 8.01. The van der Waals surface area contributed by atoms with Gasteiger partial charge in [0.25, 0.3) is 0 Å². The van der Waals surface area contributed by atoms with E-state index >= 15 is 0 Å². The molecule has 0 saturated heterocycles. The molecule has 1 aromatic heterocycles. The minimum absolute atomic E-state index is 0.229. The number of carbonyl (C=O) groups is 1. The topological polar surface area (TPSA) is 42.0 Å². The van der Waals surface area contributed by atoms with Crippen LogP contribution < -0.4 is 5.32 Å². The normalized spacial score (nSPS) is 10.6. The Hall–Kier alpha value is -2.53. The van der Waals surface area contributed by atoms with Gasteiger partial charge in [0.2, 0.25) is 5.91 Å². The standard InChI is InChI=1S/C18H15FN2OS/c1-11-4-3-5-13(8-11)18-21-17(10-23-18)15-7-6-14(9-16(15)19)20-12(2)22/h3-10H,1-2H3,(H,20,22). The molecule has 0 unspecified atom stereocenters. The van der Waals surface area contributed by atoms with Crippen molar-refractivity contribution in [3.63, 3.8) is 0 Å². The second kappa shape index (κ2) is 6.30. The van der Waals surface area contributed by atoms with Crippen LogP contribution in [-0.2, 0) is 4.79 Å². The summed E-state index contributed by atoms with van der Waals surface area (Å²) in [5, 5.41) is 5.26. The van der Waals surface area contributed by atoms with Gasteiger partial charge in [-0.15, -0.1) is 11.3 Å². The summed E-state index contributed by atoms with van der Waals surface area (Å²) in [6.07, 6.45) is 0. The Balaban J connectivity index is 1.93. The number of anilines is 1. The fourth-order valence-corrected chi connectivity index (χ4v) is 3.13. The lowest BCUT2D eigenvalue weighted by atomic mass is 10.1. The molecule has 0 bridgehead atoms. The first kappa shape index (κ1) is 15.4. The van der Waals surface area contributed by atoms with E-state index in [9.17, 15) is 9.18 Å². The van der Waals surface area contributed by atoms with Crippen LogP contribution in [0.5, 0.6) is 0 Å². The Morgan fingerprint density at radius 1 is 1.22 bits per heavy atom. The van der Waals surface area contributed by atoms with Crippen molar-refractivity contribution >= 4 is 22.9 Å². The predicted octanol–water partition coefficient (Wildman–Crippen LogP) is 4.88. The number of hydrogen-bond acceptors (Lipinski definition) is 3. The van der Waals surface area contributed by atoms with Gasteiger partial charge in [-0.1, -0.05) is 23.8 Å². The smallest absolute Gasteiger partial charge is 0.221 e. The van der Waals surface area contributed by atoms with Gasteiger partial charge >= 0.3 is 0 Å². The van der Waals surface area contributed by atoms with Crippen LogP contribution in [-0.4, -0.2) is 10.9 Å². The highest BCUT2D eigenvalue weighted by atomic mass is 32.1. The van der Waals surface area contributed by atoms with E-state index in [2.05, 4.69) is 16.4 Å². The highest BCUT2D eigenvalue weighted by molar-refractivity contribution is 7.13. The van der Waals surface area contributed by atoms with Crippen molar-refractivity contribution < 1.29 is 9.18 Å². The van der Waals surface area contributed by atoms with Gasteiger partial charge in [0, 0.05) is 29.1 Å². The predicted molar refractivity (Wildman–Crippen MR) is 92.0 cm³/mol. The summed E-state index contributed by atoms with van der Waals surface area (Å²) in [7, 11) is 0. The first-order valence-electron chi connectivity index (χ1n) is 7.13. The molecule has 0 fully saturated rings. The lowest BCUT2D eigenvalue weighted by Crippen LogP contribution is -2.05. The fourth-order valence-electron chi connectivity index (χ4n) is 2.31. The van der Waals surface area contributed by atoms with Gasteiger partial charge in [-0.25, -0.2) is 9.37 Å². The Labute approximate surface area is 137 Å². The fraction of sp³-hybridized carbons (Fsp3) is 0.111. The van der Waals surface area contributed by atoms with E-state index in [1.54, 1.807) is 12.1 Å². The molecule has 1 N–H and O–H groups in total. The maximum Gasteiger partial charge on any atom is 0.221 e. The molecule has 3 nitrogen and oxygen atoms in total. The molecule has 116 valence electrons. The maximum atomic E-state index is 14.3. The zero-order valence-electron chi connectivity index (χ0n) is 12.8. The van der Waals surface area contributed by atoms with Crippen molar-refractivity contribution in [2.45, 2.75) is 13.8 Å². The van der Waals surface area contributed by atoms with Gasteiger partial charge in [0.1, 0.15) is 10.8 Å². The van der Waals surface area contributed by atoms with Crippen molar-refractivity contribution in [2.24, 2.45) is 0 Å². The van der Waals surface area contributed by atoms with Gasteiger partial charge in [0.05, 0.1) is 5.69 Å². The molecule has 0 radical (unpaired) electrons. The summed E-state index contributed by atoms with van der Waals surface area (Å²) in [6, 6.07) is 12.7. The number of benzene rings is 2. The number of rotatable bonds is 3. The van der Waals surface area contributed by atoms with Crippen LogP contribution in [0.4, 0.5) is 10.1 Å². The summed E-state index contributed by atoms with van der Waals surface area (Å²) in [5.74, 6) is -0.634. The third-order valence-corrected chi connectivity index (χ3v) is 4.23. The number of hydrogen-bond donors (Lipinski definition) is 1. The minimum Gasteiger partial charge on any atom is -0.326 e. The Kier molecular flexibility index (Phi) is 4.21.